The molecule has 2 rings (SSSR count). The van der Waals surface area contributed by atoms with Crippen LogP contribution < -0.4 is 5.32 Å². The quantitative estimate of drug-likeness (QED) is 0.924. The van der Waals surface area contributed by atoms with Crippen LogP contribution in [-0.2, 0) is 9.59 Å². The van der Waals surface area contributed by atoms with Gasteiger partial charge in [-0.05, 0) is 26.3 Å². The van der Waals surface area contributed by atoms with Gasteiger partial charge < -0.3 is 10.2 Å². The lowest BCUT2D eigenvalue weighted by molar-refractivity contribution is -0.137. The fourth-order valence-corrected chi connectivity index (χ4v) is 3.55. The topological polar surface area (TPSA) is 49.4 Å². The molecule has 0 spiro atoms. The lowest BCUT2D eigenvalue weighted by Crippen LogP contribution is -2.46. The van der Waals surface area contributed by atoms with Gasteiger partial charge in [0.1, 0.15) is 11.4 Å². The van der Waals surface area contributed by atoms with E-state index in [9.17, 15) is 9.59 Å². The van der Waals surface area contributed by atoms with Crippen LogP contribution in [0.3, 0.4) is 0 Å². The van der Waals surface area contributed by atoms with Crippen LogP contribution in [0.1, 0.15) is 30.3 Å². The SMILES string of the molecule is CCNC(=O)[C@H](C)N1C(=O)CS[C@@H]1c1ccc(C)cc1. The molecule has 1 aliphatic rings. The molecule has 2 atom stereocenters. The molecule has 1 heterocycles. The Hall–Kier alpha value is -1.49. The van der Waals surface area contributed by atoms with E-state index in [0.29, 0.717) is 12.3 Å². The Morgan fingerprint density at radius 1 is 1.45 bits per heavy atom. The molecule has 1 aromatic rings. The maximum atomic E-state index is 12.1. The summed E-state index contributed by atoms with van der Waals surface area (Å²) < 4.78 is 0. The van der Waals surface area contributed by atoms with Crippen molar-refractivity contribution in [3.8, 4) is 0 Å². The molecule has 1 aliphatic heterocycles. The van der Waals surface area contributed by atoms with Crippen LogP contribution in [0.15, 0.2) is 24.3 Å². The second-order valence-electron chi connectivity index (χ2n) is 4.95. The molecule has 0 radical (unpaired) electrons. The van der Waals surface area contributed by atoms with Crippen molar-refractivity contribution >= 4 is 23.6 Å². The van der Waals surface area contributed by atoms with Gasteiger partial charge in [0.2, 0.25) is 11.8 Å². The van der Waals surface area contributed by atoms with E-state index in [1.165, 1.54) is 5.56 Å². The van der Waals surface area contributed by atoms with E-state index in [-0.39, 0.29) is 17.2 Å². The average Bonchev–Trinajstić information content (AvgIpc) is 2.81. The fraction of sp³-hybridized carbons (Fsp3) is 0.467. The van der Waals surface area contributed by atoms with Gasteiger partial charge in [0.15, 0.2) is 0 Å². The summed E-state index contributed by atoms with van der Waals surface area (Å²) in [5, 5.41) is 2.71. The summed E-state index contributed by atoms with van der Waals surface area (Å²) >= 11 is 1.58. The normalized spacial score (nSPS) is 20.1. The van der Waals surface area contributed by atoms with Gasteiger partial charge in [-0.25, -0.2) is 0 Å². The maximum absolute atomic E-state index is 12.1. The Balaban J connectivity index is 2.22. The van der Waals surface area contributed by atoms with E-state index in [0.717, 1.165) is 5.56 Å². The first kappa shape index (κ1) is 14.9. The second kappa shape index (κ2) is 6.31. The summed E-state index contributed by atoms with van der Waals surface area (Å²) in [7, 11) is 0. The zero-order valence-electron chi connectivity index (χ0n) is 12.1. The smallest absolute Gasteiger partial charge is 0.242 e. The Bertz CT molecular complexity index is 501. The molecule has 1 saturated heterocycles. The standard InChI is InChI=1S/C15H20N2O2S/c1-4-16-14(19)11(3)17-13(18)9-20-15(17)12-7-5-10(2)6-8-12/h5-8,11,15H,4,9H2,1-3H3,(H,16,19)/t11-,15+/m0/s1. The maximum Gasteiger partial charge on any atom is 0.242 e. The molecule has 0 saturated carbocycles. The Morgan fingerprint density at radius 2 is 2.10 bits per heavy atom. The molecule has 108 valence electrons. The third kappa shape index (κ3) is 2.98. The lowest BCUT2D eigenvalue weighted by atomic mass is 10.1. The Kier molecular flexibility index (Phi) is 4.70. The van der Waals surface area contributed by atoms with Crippen LogP contribution >= 0.6 is 11.8 Å². The summed E-state index contributed by atoms with van der Waals surface area (Å²) in [5.74, 6) is 0.363. The van der Waals surface area contributed by atoms with Crippen LogP contribution in [0.4, 0.5) is 0 Å². The number of rotatable bonds is 4. The Labute approximate surface area is 123 Å². The van der Waals surface area contributed by atoms with E-state index in [4.69, 9.17) is 0 Å². The summed E-state index contributed by atoms with van der Waals surface area (Å²) in [6.07, 6.45) is 0. The molecular weight excluding hydrogens is 272 g/mol. The van der Waals surface area contributed by atoms with Crippen LogP contribution in [0.25, 0.3) is 0 Å². The molecule has 20 heavy (non-hydrogen) atoms. The molecule has 5 heteroatoms. The number of nitrogens with one attached hydrogen (secondary N) is 1. The highest BCUT2D eigenvalue weighted by Crippen LogP contribution is 2.39. The molecule has 0 unspecified atom stereocenters. The summed E-state index contributed by atoms with van der Waals surface area (Å²) in [6.45, 7) is 6.28. The predicted octanol–water partition coefficient (Wildman–Crippen LogP) is 2.09. The number of hydrogen-bond acceptors (Lipinski definition) is 3. The predicted molar refractivity (Wildman–Crippen MR) is 81.4 cm³/mol. The van der Waals surface area contributed by atoms with E-state index in [1.807, 2.05) is 38.1 Å². The monoisotopic (exact) mass is 292 g/mol. The minimum atomic E-state index is -0.441. The molecule has 0 bridgehead atoms. The van der Waals surface area contributed by atoms with E-state index >= 15 is 0 Å². The van der Waals surface area contributed by atoms with Crippen LogP contribution in [0.2, 0.25) is 0 Å². The molecule has 1 N–H and O–H groups in total. The van der Waals surface area contributed by atoms with Crippen molar-refractivity contribution in [3.63, 3.8) is 0 Å². The molecule has 1 fully saturated rings. The number of amides is 2. The minimum Gasteiger partial charge on any atom is -0.355 e. The highest BCUT2D eigenvalue weighted by molar-refractivity contribution is 8.00. The number of likely N-dealkylation sites (N-methyl/N-ethyl adjacent to an activating group) is 1. The van der Waals surface area contributed by atoms with Crippen molar-refractivity contribution in [3.05, 3.63) is 35.4 Å². The third-order valence-corrected chi connectivity index (χ3v) is 4.64. The number of aryl methyl sites for hydroxylation is 1. The van der Waals surface area contributed by atoms with Crippen molar-refractivity contribution in [2.24, 2.45) is 0 Å². The van der Waals surface area contributed by atoms with Gasteiger partial charge >= 0.3 is 0 Å². The van der Waals surface area contributed by atoms with E-state index in [2.05, 4.69) is 5.32 Å². The minimum absolute atomic E-state index is 0.0272. The summed E-state index contributed by atoms with van der Waals surface area (Å²) in [6, 6.07) is 7.69. The van der Waals surface area contributed by atoms with Crippen molar-refractivity contribution in [1.29, 1.82) is 0 Å². The molecular formula is C15H20N2O2S. The number of carbonyl (C=O) groups excluding carboxylic acids is 2. The van der Waals surface area contributed by atoms with Crippen LogP contribution in [0.5, 0.6) is 0 Å². The van der Waals surface area contributed by atoms with Crippen molar-refractivity contribution in [2.75, 3.05) is 12.3 Å². The Morgan fingerprint density at radius 3 is 2.70 bits per heavy atom. The molecule has 1 aromatic carbocycles. The molecule has 0 aromatic heterocycles. The number of hydrogen-bond donors (Lipinski definition) is 1. The van der Waals surface area contributed by atoms with E-state index in [1.54, 1.807) is 23.6 Å². The van der Waals surface area contributed by atoms with Gasteiger partial charge in [0.25, 0.3) is 0 Å². The first-order chi connectivity index (χ1) is 9.54. The number of benzene rings is 1. The first-order valence-corrected chi connectivity index (χ1v) is 7.86. The summed E-state index contributed by atoms with van der Waals surface area (Å²) in [5.41, 5.74) is 2.26. The largest absolute Gasteiger partial charge is 0.355 e. The second-order valence-corrected chi connectivity index (χ2v) is 6.01. The van der Waals surface area contributed by atoms with E-state index < -0.39 is 6.04 Å². The van der Waals surface area contributed by atoms with Gasteiger partial charge in [-0.15, -0.1) is 11.8 Å². The highest BCUT2D eigenvalue weighted by Gasteiger charge is 2.38. The zero-order valence-corrected chi connectivity index (χ0v) is 12.9. The third-order valence-electron chi connectivity index (χ3n) is 3.42. The van der Waals surface area contributed by atoms with Crippen molar-refractivity contribution < 1.29 is 9.59 Å². The van der Waals surface area contributed by atoms with Gasteiger partial charge in [-0.3, -0.25) is 9.59 Å². The number of thioether (sulfide) groups is 1. The lowest BCUT2D eigenvalue weighted by Gasteiger charge is -2.29. The molecule has 4 nitrogen and oxygen atoms in total. The summed E-state index contributed by atoms with van der Waals surface area (Å²) in [4.78, 5) is 25.8. The first-order valence-electron chi connectivity index (χ1n) is 6.81. The van der Waals surface area contributed by atoms with Crippen molar-refractivity contribution in [2.45, 2.75) is 32.2 Å². The van der Waals surface area contributed by atoms with Crippen LogP contribution in [-0.4, -0.2) is 35.1 Å². The fourth-order valence-electron chi connectivity index (χ4n) is 2.29. The zero-order chi connectivity index (χ0) is 14.7. The molecule has 0 aliphatic carbocycles. The highest BCUT2D eigenvalue weighted by atomic mass is 32.2. The van der Waals surface area contributed by atoms with Gasteiger partial charge in [-0.2, -0.15) is 0 Å². The van der Waals surface area contributed by atoms with Crippen LogP contribution in [0, 0.1) is 6.92 Å². The van der Waals surface area contributed by atoms with Gasteiger partial charge in [-0.1, -0.05) is 29.8 Å². The number of carbonyl (C=O) groups is 2. The van der Waals surface area contributed by atoms with Crippen molar-refractivity contribution in [1.82, 2.24) is 10.2 Å². The van der Waals surface area contributed by atoms with Gasteiger partial charge in [0, 0.05) is 6.54 Å². The van der Waals surface area contributed by atoms with Gasteiger partial charge in [0.05, 0.1) is 5.75 Å². The number of nitrogens with zero attached hydrogens (tertiary/aromatic N) is 1. The molecule has 2 amide bonds. The average molecular weight is 292 g/mol.